The molecule has 1 saturated heterocycles. The highest BCUT2D eigenvalue weighted by Gasteiger charge is 2.35. The van der Waals surface area contributed by atoms with Crippen LogP contribution in [-0.4, -0.2) is 38.8 Å². The average Bonchev–Trinajstić information content (AvgIpc) is 3.47. The molecule has 1 atom stereocenters. The molecule has 0 bridgehead atoms. The maximum absolute atomic E-state index is 13.2. The Morgan fingerprint density at radius 2 is 1.83 bits per heavy atom. The molecule has 2 aromatic rings. The van der Waals surface area contributed by atoms with E-state index in [0.717, 1.165) is 49.0 Å². The number of hydrogen-bond donors (Lipinski definition) is 1. The predicted octanol–water partition coefficient (Wildman–Crippen LogP) is 4.14. The molecule has 1 aliphatic heterocycles. The van der Waals surface area contributed by atoms with Crippen LogP contribution in [0.1, 0.15) is 73.2 Å². The van der Waals surface area contributed by atoms with Gasteiger partial charge in [0.1, 0.15) is 5.82 Å². The van der Waals surface area contributed by atoms with Crippen molar-refractivity contribution in [3.63, 3.8) is 0 Å². The van der Waals surface area contributed by atoms with Crippen LogP contribution in [0.4, 0.5) is 4.39 Å². The van der Waals surface area contributed by atoms with E-state index in [1.54, 1.807) is 18.3 Å². The van der Waals surface area contributed by atoms with Gasteiger partial charge in [0, 0.05) is 25.6 Å². The van der Waals surface area contributed by atoms with Crippen molar-refractivity contribution in [2.75, 3.05) is 13.1 Å². The molecule has 5 nitrogen and oxygen atoms in total. The molecule has 1 aliphatic carbocycles. The number of aromatic nitrogens is 2. The third kappa shape index (κ3) is 4.37. The molecular weight excluding hydrogens is 369 g/mol. The molecule has 1 N–H and O–H groups in total. The van der Waals surface area contributed by atoms with Gasteiger partial charge in [-0.1, -0.05) is 26.0 Å². The molecule has 29 heavy (non-hydrogen) atoms. The molecule has 1 amide bonds. The lowest BCUT2D eigenvalue weighted by Gasteiger charge is -2.34. The lowest BCUT2D eigenvalue weighted by atomic mass is 9.87. The summed E-state index contributed by atoms with van der Waals surface area (Å²) in [4.78, 5) is 15.1. The van der Waals surface area contributed by atoms with Crippen molar-refractivity contribution in [1.29, 1.82) is 0 Å². The topological polar surface area (TPSA) is 58.4 Å². The first-order chi connectivity index (χ1) is 13.9. The molecule has 2 fully saturated rings. The Kier molecular flexibility index (Phi) is 5.72. The van der Waals surface area contributed by atoms with Crippen molar-refractivity contribution < 1.29 is 14.3 Å². The second-order valence-electron chi connectivity index (χ2n) is 8.92. The normalized spacial score (nSPS) is 19.0. The Labute approximate surface area is 171 Å². The van der Waals surface area contributed by atoms with E-state index in [-0.39, 0.29) is 17.6 Å². The summed E-state index contributed by atoms with van der Waals surface area (Å²) in [6.45, 7) is 6.42. The maximum atomic E-state index is 13.2. The van der Waals surface area contributed by atoms with Crippen molar-refractivity contribution in [2.45, 2.75) is 58.1 Å². The number of hydrogen-bond acceptors (Lipinski definition) is 3. The van der Waals surface area contributed by atoms with Crippen molar-refractivity contribution in [3.8, 4) is 0 Å². The summed E-state index contributed by atoms with van der Waals surface area (Å²) < 4.78 is 15.2. The fraction of sp³-hybridized carbons (Fsp3) is 0.565. The minimum absolute atomic E-state index is 0.0663. The number of carbonyl (C=O) groups is 1. The fourth-order valence-electron chi connectivity index (χ4n) is 4.36. The minimum atomic E-state index is -0.622. The Balaban J connectivity index is 1.42. The minimum Gasteiger partial charge on any atom is -0.388 e. The number of benzene rings is 1. The average molecular weight is 400 g/mol. The van der Waals surface area contributed by atoms with Crippen LogP contribution < -0.4 is 0 Å². The first-order valence-electron chi connectivity index (χ1n) is 10.7. The van der Waals surface area contributed by atoms with E-state index in [1.807, 2.05) is 9.58 Å². The number of halogens is 1. The number of aliphatic hydroxyl groups is 1. The summed E-state index contributed by atoms with van der Waals surface area (Å²) >= 11 is 0. The highest BCUT2D eigenvalue weighted by Crippen LogP contribution is 2.42. The van der Waals surface area contributed by atoms with E-state index in [0.29, 0.717) is 24.9 Å². The van der Waals surface area contributed by atoms with Crippen LogP contribution in [0.15, 0.2) is 30.5 Å². The lowest BCUT2D eigenvalue weighted by molar-refractivity contribution is 0.0461. The van der Waals surface area contributed by atoms with Gasteiger partial charge in [-0.2, -0.15) is 5.10 Å². The van der Waals surface area contributed by atoms with E-state index in [1.165, 1.54) is 12.1 Å². The zero-order valence-corrected chi connectivity index (χ0v) is 17.2. The van der Waals surface area contributed by atoms with Gasteiger partial charge in [-0.3, -0.25) is 9.48 Å². The summed E-state index contributed by atoms with van der Waals surface area (Å²) in [7, 11) is 0. The van der Waals surface area contributed by atoms with Gasteiger partial charge in [0.2, 0.25) is 0 Å². The van der Waals surface area contributed by atoms with Gasteiger partial charge in [0.05, 0.1) is 23.6 Å². The van der Waals surface area contributed by atoms with Gasteiger partial charge < -0.3 is 10.0 Å². The zero-order valence-electron chi connectivity index (χ0n) is 17.2. The van der Waals surface area contributed by atoms with E-state index < -0.39 is 6.10 Å². The van der Waals surface area contributed by atoms with Crippen molar-refractivity contribution in [3.05, 3.63) is 53.1 Å². The Morgan fingerprint density at radius 1 is 1.17 bits per heavy atom. The predicted molar refractivity (Wildman–Crippen MR) is 109 cm³/mol. The molecule has 2 heterocycles. The molecule has 156 valence electrons. The SMILES string of the molecule is CC(C)Cn1ncc(C(=O)N2CCC(C(O)c3ccc(F)cc3)CC2)c1C1CC1. The first kappa shape index (κ1) is 20.1. The largest absolute Gasteiger partial charge is 0.388 e. The van der Waals surface area contributed by atoms with Crippen molar-refractivity contribution in [1.82, 2.24) is 14.7 Å². The second-order valence-corrected chi connectivity index (χ2v) is 8.92. The molecule has 1 aromatic heterocycles. The third-order valence-corrected chi connectivity index (χ3v) is 6.10. The van der Waals surface area contributed by atoms with Gasteiger partial charge in [-0.25, -0.2) is 4.39 Å². The number of carbonyl (C=O) groups excluding carboxylic acids is 1. The van der Waals surface area contributed by atoms with Crippen molar-refractivity contribution >= 4 is 5.91 Å². The van der Waals surface area contributed by atoms with Crippen LogP contribution in [-0.2, 0) is 6.54 Å². The smallest absolute Gasteiger partial charge is 0.257 e. The van der Waals surface area contributed by atoms with Crippen LogP contribution in [0, 0.1) is 17.7 Å². The van der Waals surface area contributed by atoms with Crippen LogP contribution in [0.3, 0.4) is 0 Å². The quantitative estimate of drug-likeness (QED) is 0.794. The molecular formula is C23H30FN3O2. The Hall–Kier alpha value is -2.21. The molecule has 1 unspecified atom stereocenters. The maximum Gasteiger partial charge on any atom is 0.257 e. The van der Waals surface area contributed by atoms with Gasteiger partial charge in [-0.15, -0.1) is 0 Å². The Bertz CT molecular complexity index is 850. The number of piperidine rings is 1. The third-order valence-electron chi connectivity index (χ3n) is 6.10. The van der Waals surface area contributed by atoms with E-state index in [2.05, 4.69) is 18.9 Å². The number of rotatable bonds is 6. The lowest BCUT2D eigenvalue weighted by Crippen LogP contribution is -2.40. The van der Waals surface area contributed by atoms with E-state index >= 15 is 0 Å². The first-order valence-corrected chi connectivity index (χ1v) is 10.7. The van der Waals surface area contributed by atoms with Crippen LogP contribution >= 0.6 is 0 Å². The van der Waals surface area contributed by atoms with Gasteiger partial charge >= 0.3 is 0 Å². The molecule has 4 rings (SSSR count). The van der Waals surface area contributed by atoms with Crippen LogP contribution in [0.2, 0.25) is 0 Å². The number of nitrogens with zero attached hydrogens (tertiary/aromatic N) is 3. The van der Waals surface area contributed by atoms with Gasteiger partial charge in [0.15, 0.2) is 0 Å². The fourth-order valence-corrected chi connectivity index (χ4v) is 4.36. The van der Waals surface area contributed by atoms with Crippen molar-refractivity contribution in [2.24, 2.45) is 11.8 Å². The second kappa shape index (κ2) is 8.27. The van der Waals surface area contributed by atoms with E-state index in [9.17, 15) is 14.3 Å². The zero-order chi connectivity index (χ0) is 20.5. The molecule has 6 heteroatoms. The van der Waals surface area contributed by atoms with E-state index in [4.69, 9.17) is 0 Å². The highest BCUT2D eigenvalue weighted by molar-refractivity contribution is 5.95. The Morgan fingerprint density at radius 3 is 2.41 bits per heavy atom. The van der Waals surface area contributed by atoms with Crippen LogP contribution in [0.5, 0.6) is 0 Å². The number of aliphatic hydroxyl groups excluding tert-OH is 1. The molecule has 0 spiro atoms. The standard InChI is InChI=1S/C23H30FN3O2/c1-15(2)14-27-21(16-3-4-16)20(13-25-27)23(29)26-11-9-18(10-12-26)22(28)17-5-7-19(24)8-6-17/h5-8,13,15-16,18,22,28H,3-4,9-12,14H2,1-2H3. The molecule has 0 radical (unpaired) electrons. The van der Waals surface area contributed by atoms with Gasteiger partial charge in [0.25, 0.3) is 5.91 Å². The summed E-state index contributed by atoms with van der Waals surface area (Å²) in [5, 5.41) is 15.2. The highest BCUT2D eigenvalue weighted by atomic mass is 19.1. The monoisotopic (exact) mass is 399 g/mol. The van der Waals surface area contributed by atoms with Gasteiger partial charge in [-0.05, 0) is 55.2 Å². The summed E-state index contributed by atoms with van der Waals surface area (Å²) in [6.07, 6.45) is 4.87. The number of amides is 1. The summed E-state index contributed by atoms with van der Waals surface area (Å²) in [6, 6.07) is 6.04. The van der Waals surface area contributed by atoms with Crippen LogP contribution in [0.25, 0.3) is 0 Å². The summed E-state index contributed by atoms with van der Waals surface area (Å²) in [5.74, 6) is 0.797. The molecule has 1 aromatic carbocycles. The molecule has 1 saturated carbocycles. The number of likely N-dealkylation sites (tertiary alicyclic amines) is 1. The molecule has 2 aliphatic rings. The summed E-state index contributed by atoms with van der Waals surface area (Å²) in [5.41, 5.74) is 2.60.